The van der Waals surface area contributed by atoms with Crippen LogP contribution in [-0.2, 0) is 17.0 Å². The number of hydrogen-bond donors (Lipinski definition) is 1. The minimum Gasteiger partial charge on any atom is -0.448 e. The highest BCUT2D eigenvalue weighted by Gasteiger charge is 2.07. The Morgan fingerprint density at radius 1 is 1.61 bits per heavy atom. The van der Waals surface area contributed by atoms with Crippen molar-refractivity contribution in [2.24, 2.45) is 0 Å². The standard InChI is InChI=1S/C11H13N3O2S2/c1-3-8-5-16-9(14-8)6-17-10-4-12-11(18-10)13-7(2)15/h4-5H,3,6H2,1-2H3,(H,12,13,15). The molecule has 0 aromatic carbocycles. The van der Waals surface area contributed by atoms with Crippen molar-refractivity contribution in [2.45, 2.75) is 30.2 Å². The number of carbonyl (C=O) groups excluding carboxylic acids is 1. The van der Waals surface area contributed by atoms with Crippen molar-refractivity contribution >= 4 is 34.1 Å². The van der Waals surface area contributed by atoms with Gasteiger partial charge in [-0.1, -0.05) is 18.3 Å². The lowest BCUT2D eigenvalue weighted by atomic mass is 10.4. The largest absolute Gasteiger partial charge is 0.448 e. The Morgan fingerprint density at radius 3 is 3.11 bits per heavy atom. The third-order valence-electron chi connectivity index (χ3n) is 2.07. The van der Waals surface area contributed by atoms with Crippen LogP contribution in [0.1, 0.15) is 25.4 Å². The summed E-state index contributed by atoms with van der Waals surface area (Å²) in [6, 6.07) is 0. The molecule has 0 spiro atoms. The summed E-state index contributed by atoms with van der Waals surface area (Å²) in [6.07, 6.45) is 4.30. The number of hydrogen-bond acceptors (Lipinski definition) is 6. The van der Waals surface area contributed by atoms with E-state index >= 15 is 0 Å². The number of amides is 1. The molecule has 18 heavy (non-hydrogen) atoms. The van der Waals surface area contributed by atoms with E-state index in [9.17, 15) is 4.79 Å². The molecule has 0 saturated carbocycles. The molecule has 5 nitrogen and oxygen atoms in total. The summed E-state index contributed by atoms with van der Waals surface area (Å²) in [5.41, 5.74) is 0.967. The lowest BCUT2D eigenvalue weighted by Crippen LogP contribution is -2.04. The van der Waals surface area contributed by atoms with Crippen LogP contribution in [0.4, 0.5) is 5.13 Å². The van der Waals surface area contributed by atoms with Crippen LogP contribution in [0, 0.1) is 0 Å². The van der Waals surface area contributed by atoms with Gasteiger partial charge in [-0.2, -0.15) is 0 Å². The molecule has 0 aliphatic heterocycles. The molecule has 0 saturated heterocycles. The molecule has 2 rings (SSSR count). The van der Waals surface area contributed by atoms with Gasteiger partial charge in [0.05, 0.1) is 21.9 Å². The average Bonchev–Trinajstić information content (AvgIpc) is 2.94. The number of thiazole rings is 1. The molecule has 0 bridgehead atoms. The van der Waals surface area contributed by atoms with Crippen LogP contribution in [0.3, 0.4) is 0 Å². The van der Waals surface area contributed by atoms with E-state index in [0.29, 0.717) is 16.8 Å². The van der Waals surface area contributed by atoms with Crippen LogP contribution < -0.4 is 5.32 Å². The van der Waals surface area contributed by atoms with Gasteiger partial charge in [-0.05, 0) is 6.42 Å². The monoisotopic (exact) mass is 283 g/mol. The van der Waals surface area contributed by atoms with Crippen LogP contribution in [0.2, 0.25) is 0 Å². The Morgan fingerprint density at radius 2 is 2.44 bits per heavy atom. The molecule has 0 atom stereocenters. The molecule has 7 heteroatoms. The van der Waals surface area contributed by atoms with Crippen LogP contribution >= 0.6 is 23.1 Å². The molecule has 0 aliphatic carbocycles. The molecule has 2 heterocycles. The second kappa shape index (κ2) is 6.01. The zero-order chi connectivity index (χ0) is 13.0. The Labute approximate surface area is 113 Å². The maximum Gasteiger partial charge on any atom is 0.223 e. The van der Waals surface area contributed by atoms with Crippen molar-refractivity contribution < 1.29 is 9.21 Å². The highest BCUT2D eigenvalue weighted by molar-refractivity contribution is 8.00. The molecule has 0 fully saturated rings. The first kappa shape index (κ1) is 13.1. The minimum absolute atomic E-state index is 0.110. The first-order valence-electron chi connectivity index (χ1n) is 5.47. The summed E-state index contributed by atoms with van der Waals surface area (Å²) in [5.74, 6) is 1.27. The van der Waals surface area contributed by atoms with Crippen molar-refractivity contribution in [3.63, 3.8) is 0 Å². The summed E-state index contributed by atoms with van der Waals surface area (Å²) in [7, 11) is 0. The number of carbonyl (C=O) groups is 1. The Bertz CT molecular complexity index is 536. The maximum absolute atomic E-state index is 10.9. The molecule has 1 amide bonds. The van der Waals surface area contributed by atoms with Gasteiger partial charge in [0.25, 0.3) is 0 Å². The fourth-order valence-electron chi connectivity index (χ4n) is 1.24. The third-order valence-corrected chi connectivity index (χ3v) is 4.16. The van der Waals surface area contributed by atoms with Gasteiger partial charge in [-0.25, -0.2) is 9.97 Å². The average molecular weight is 283 g/mol. The van der Waals surface area contributed by atoms with Gasteiger partial charge in [-0.15, -0.1) is 11.8 Å². The van der Waals surface area contributed by atoms with E-state index in [4.69, 9.17) is 4.42 Å². The number of oxazole rings is 1. The van der Waals surface area contributed by atoms with Gasteiger partial charge < -0.3 is 9.73 Å². The van der Waals surface area contributed by atoms with Crippen LogP contribution in [0.5, 0.6) is 0 Å². The van der Waals surface area contributed by atoms with Crippen LogP contribution in [0.15, 0.2) is 21.1 Å². The molecular formula is C11H13N3O2S2. The molecule has 2 aromatic heterocycles. The normalized spacial score (nSPS) is 10.6. The smallest absolute Gasteiger partial charge is 0.223 e. The third kappa shape index (κ3) is 3.58. The Hall–Kier alpha value is -1.34. The van der Waals surface area contributed by atoms with Gasteiger partial charge in [0, 0.05) is 6.92 Å². The minimum atomic E-state index is -0.110. The van der Waals surface area contributed by atoms with Crippen LogP contribution in [-0.4, -0.2) is 15.9 Å². The number of aromatic nitrogens is 2. The van der Waals surface area contributed by atoms with Gasteiger partial charge in [-0.3, -0.25) is 4.79 Å². The molecule has 0 aliphatic rings. The zero-order valence-electron chi connectivity index (χ0n) is 10.1. The molecule has 2 aromatic rings. The number of aryl methyl sites for hydroxylation is 1. The number of nitrogens with one attached hydrogen (secondary N) is 1. The van der Waals surface area contributed by atoms with E-state index in [1.54, 1.807) is 24.2 Å². The van der Waals surface area contributed by atoms with E-state index in [1.165, 1.54) is 18.3 Å². The maximum atomic E-state index is 10.9. The van der Waals surface area contributed by atoms with Gasteiger partial charge in [0.1, 0.15) is 6.26 Å². The lowest BCUT2D eigenvalue weighted by Gasteiger charge is -1.93. The van der Waals surface area contributed by atoms with Gasteiger partial charge in [0.2, 0.25) is 11.8 Å². The molecule has 0 radical (unpaired) electrons. The van der Waals surface area contributed by atoms with E-state index in [0.717, 1.165) is 16.3 Å². The first-order chi connectivity index (χ1) is 8.67. The Kier molecular flexibility index (Phi) is 4.38. The van der Waals surface area contributed by atoms with E-state index in [-0.39, 0.29) is 5.91 Å². The summed E-state index contributed by atoms with van der Waals surface area (Å²) >= 11 is 3.04. The topological polar surface area (TPSA) is 68.0 Å². The first-order valence-corrected chi connectivity index (χ1v) is 7.27. The number of nitrogens with zero attached hydrogens (tertiary/aromatic N) is 2. The van der Waals surface area contributed by atoms with Crippen molar-refractivity contribution in [3.05, 3.63) is 24.0 Å². The zero-order valence-corrected chi connectivity index (χ0v) is 11.7. The van der Waals surface area contributed by atoms with Gasteiger partial charge >= 0.3 is 0 Å². The quantitative estimate of drug-likeness (QED) is 0.854. The number of anilines is 1. The molecule has 0 unspecified atom stereocenters. The summed E-state index contributed by atoms with van der Waals surface area (Å²) < 4.78 is 6.35. The van der Waals surface area contributed by atoms with E-state index < -0.39 is 0 Å². The lowest BCUT2D eigenvalue weighted by molar-refractivity contribution is -0.114. The predicted octanol–water partition coefficient (Wildman–Crippen LogP) is 2.94. The second-order valence-corrected chi connectivity index (χ2v) is 5.85. The van der Waals surface area contributed by atoms with E-state index in [1.807, 2.05) is 6.92 Å². The SMILES string of the molecule is CCc1coc(CSc2cnc(NC(C)=O)s2)n1. The molecule has 1 N–H and O–H groups in total. The number of thioether (sulfide) groups is 1. The van der Waals surface area contributed by atoms with Crippen molar-refractivity contribution in [1.29, 1.82) is 0 Å². The summed E-state index contributed by atoms with van der Waals surface area (Å²) in [6.45, 7) is 3.50. The highest BCUT2D eigenvalue weighted by Crippen LogP contribution is 2.30. The fourth-order valence-corrected chi connectivity index (χ4v) is 3.02. The molecular weight excluding hydrogens is 270 g/mol. The summed E-state index contributed by atoms with van der Waals surface area (Å²) in [5, 5.41) is 3.27. The van der Waals surface area contributed by atoms with Crippen molar-refractivity contribution in [2.75, 3.05) is 5.32 Å². The van der Waals surface area contributed by atoms with E-state index in [2.05, 4.69) is 15.3 Å². The summed E-state index contributed by atoms with van der Waals surface area (Å²) in [4.78, 5) is 19.3. The number of rotatable bonds is 5. The predicted molar refractivity (Wildman–Crippen MR) is 71.9 cm³/mol. The van der Waals surface area contributed by atoms with Crippen molar-refractivity contribution in [1.82, 2.24) is 9.97 Å². The van der Waals surface area contributed by atoms with Gasteiger partial charge in [0.15, 0.2) is 5.13 Å². The van der Waals surface area contributed by atoms with Crippen LogP contribution in [0.25, 0.3) is 0 Å². The highest BCUT2D eigenvalue weighted by atomic mass is 32.2. The molecule has 96 valence electrons. The van der Waals surface area contributed by atoms with Crippen molar-refractivity contribution in [3.8, 4) is 0 Å². The fraction of sp³-hybridized carbons (Fsp3) is 0.364. The Balaban J connectivity index is 1.89. The second-order valence-electron chi connectivity index (χ2n) is 3.54.